The molecule has 0 bridgehead atoms. The van der Waals surface area contributed by atoms with Gasteiger partial charge in [-0.15, -0.1) is 11.3 Å². The highest BCUT2D eigenvalue weighted by molar-refractivity contribution is 9.11. The van der Waals surface area contributed by atoms with Crippen molar-refractivity contribution in [3.8, 4) is 0 Å². The van der Waals surface area contributed by atoms with Gasteiger partial charge in [0.05, 0.1) is 8.61 Å². The summed E-state index contributed by atoms with van der Waals surface area (Å²) in [4.78, 5) is 1.10. The summed E-state index contributed by atoms with van der Waals surface area (Å²) in [6.07, 6.45) is 0. The van der Waals surface area contributed by atoms with Crippen molar-refractivity contribution in [2.24, 2.45) is 0 Å². The molecular weight excluding hydrogens is 355 g/mol. The molecular formula is C12H9Br2FS. The number of thiophene rings is 1. The van der Waals surface area contributed by atoms with Crippen LogP contribution in [0.5, 0.6) is 0 Å². The average Bonchev–Trinajstić information content (AvgIpc) is 2.58. The van der Waals surface area contributed by atoms with Crippen molar-refractivity contribution in [2.45, 2.75) is 11.8 Å². The van der Waals surface area contributed by atoms with Gasteiger partial charge in [-0.3, -0.25) is 0 Å². The Morgan fingerprint density at radius 2 is 1.94 bits per heavy atom. The van der Waals surface area contributed by atoms with Gasteiger partial charge in [0.25, 0.3) is 0 Å². The Balaban J connectivity index is 2.43. The van der Waals surface area contributed by atoms with Crippen molar-refractivity contribution in [2.75, 3.05) is 0 Å². The maximum Gasteiger partial charge on any atom is 0.127 e. The maximum absolute atomic E-state index is 13.6. The lowest BCUT2D eigenvalue weighted by Gasteiger charge is -2.10. The number of alkyl halides is 1. The number of hydrogen-bond donors (Lipinski definition) is 0. The molecule has 0 aliphatic rings. The van der Waals surface area contributed by atoms with Gasteiger partial charge in [-0.05, 0) is 40.5 Å². The Morgan fingerprint density at radius 1 is 1.25 bits per heavy atom. The smallest absolute Gasteiger partial charge is 0.127 e. The molecule has 0 aliphatic carbocycles. The highest BCUT2D eigenvalue weighted by atomic mass is 79.9. The third-order valence-corrected chi connectivity index (χ3v) is 4.93. The van der Waals surface area contributed by atoms with Gasteiger partial charge >= 0.3 is 0 Å². The molecule has 0 fully saturated rings. The number of benzene rings is 1. The van der Waals surface area contributed by atoms with Crippen molar-refractivity contribution in [3.63, 3.8) is 0 Å². The van der Waals surface area contributed by atoms with E-state index in [0.29, 0.717) is 5.56 Å². The van der Waals surface area contributed by atoms with E-state index in [2.05, 4.69) is 31.9 Å². The zero-order valence-electron chi connectivity index (χ0n) is 8.51. The standard InChI is InChI=1S/C12H9Br2FS/c1-7-9(6-11(13)16-7)12(14)8-4-2-3-5-10(8)15/h2-6,12H,1H3. The molecule has 0 amide bonds. The summed E-state index contributed by atoms with van der Waals surface area (Å²) in [7, 11) is 0. The van der Waals surface area contributed by atoms with Crippen LogP contribution >= 0.6 is 43.2 Å². The molecule has 84 valence electrons. The first-order valence-electron chi connectivity index (χ1n) is 4.74. The van der Waals surface area contributed by atoms with Crippen molar-refractivity contribution in [1.82, 2.24) is 0 Å². The van der Waals surface area contributed by atoms with Crippen LogP contribution in [-0.4, -0.2) is 0 Å². The van der Waals surface area contributed by atoms with E-state index in [4.69, 9.17) is 0 Å². The van der Waals surface area contributed by atoms with Gasteiger partial charge in [-0.25, -0.2) is 4.39 Å². The van der Waals surface area contributed by atoms with Crippen LogP contribution in [0.2, 0.25) is 0 Å². The minimum Gasteiger partial charge on any atom is -0.207 e. The van der Waals surface area contributed by atoms with Crippen LogP contribution in [0.15, 0.2) is 34.1 Å². The molecule has 1 aromatic heterocycles. The zero-order chi connectivity index (χ0) is 11.7. The van der Waals surface area contributed by atoms with Crippen LogP contribution < -0.4 is 0 Å². The summed E-state index contributed by atoms with van der Waals surface area (Å²) in [5.41, 5.74) is 1.79. The molecule has 0 nitrogen and oxygen atoms in total. The summed E-state index contributed by atoms with van der Waals surface area (Å²) >= 11 is 8.66. The molecule has 4 heteroatoms. The molecule has 2 rings (SSSR count). The second-order valence-corrected chi connectivity index (χ2v) is 7.00. The Bertz CT molecular complexity index is 507. The molecule has 0 saturated heterocycles. The Labute approximate surface area is 115 Å². The Hall–Kier alpha value is -0.190. The third-order valence-electron chi connectivity index (χ3n) is 2.38. The summed E-state index contributed by atoms with van der Waals surface area (Å²) in [6, 6.07) is 8.88. The van der Waals surface area contributed by atoms with Crippen LogP contribution in [0.1, 0.15) is 20.8 Å². The van der Waals surface area contributed by atoms with E-state index in [1.165, 1.54) is 10.9 Å². The van der Waals surface area contributed by atoms with Crippen LogP contribution in [-0.2, 0) is 0 Å². The largest absolute Gasteiger partial charge is 0.207 e. The second kappa shape index (κ2) is 4.98. The van der Waals surface area contributed by atoms with E-state index in [0.717, 1.165) is 9.35 Å². The first-order chi connectivity index (χ1) is 7.59. The topological polar surface area (TPSA) is 0 Å². The Kier molecular flexibility index (Phi) is 3.82. The first-order valence-corrected chi connectivity index (χ1v) is 7.26. The minimum absolute atomic E-state index is 0.0868. The predicted octanol–water partition coefficient (Wildman–Crippen LogP) is 5.44. The van der Waals surface area contributed by atoms with Gasteiger partial charge < -0.3 is 0 Å². The fourth-order valence-electron chi connectivity index (χ4n) is 1.56. The number of hydrogen-bond acceptors (Lipinski definition) is 1. The van der Waals surface area contributed by atoms with Crippen LogP contribution in [0.4, 0.5) is 4.39 Å². The van der Waals surface area contributed by atoms with Crippen molar-refractivity contribution >= 4 is 43.2 Å². The molecule has 1 heterocycles. The first kappa shape index (κ1) is 12.3. The molecule has 16 heavy (non-hydrogen) atoms. The normalized spacial score (nSPS) is 12.8. The lowest BCUT2D eigenvalue weighted by molar-refractivity contribution is 0.613. The van der Waals surface area contributed by atoms with E-state index in [1.807, 2.05) is 19.1 Å². The molecule has 0 aliphatic heterocycles. The van der Waals surface area contributed by atoms with Crippen LogP contribution in [0, 0.1) is 12.7 Å². The van der Waals surface area contributed by atoms with Crippen molar-refractivity contribution < 1.29 is 4.39 Å². The minimum atomic E-state index is -0.175. The van der Waals surface area contributed by atoms with Crippen molar-refractivity contribution in [3.05, 3.63) is 55.9 Å². The van der Waals surface area contributed by atoms with Gasteiger partial charge in [0.15, 0.2) is 0 Å². The number of aryl methyl sites for hydroxylation is 1. The summed E-state index contributed by atoms with van der Waals surface area (Å²) < 4.78 is 14.7. The van der Waals surface area contributed by atoms with E-state index < -0.39 is 0 Å². The van der Waals surface area contributed by atoms with E-state index in [9.17, 15) is 4.39 Å². The highest BCUT2D eigenvalue weighted by Gasteiger charge is 2.18. The molecule has 1 aromatic carbocycles. The molecule has 0 saturated carbocycles. The molecule has 2 aromatic rings. The molecule has 0 N–H and O–H groups in total. The van der Waals surface area contributed by atoms with Gasteiger partial charge in [0.1, 0.15) is 5.82 Å². The van der Waals surface area contributed by atoms with Gasteiger partial charge in [0.2, 0.25) is 0 Å². The highest BCUT2D eigenvalue weighted by Crippen LogP contribution is 2.39. The lowest BCUT2D eigenvalue weighted by Crippen LogP contribution is -1.95. The fourth-order valence-corrected chi connectivity index (χ4v) is 4.30. The zero-order valence-corrected chi connectivity index (χ0v) is 12.5. The second-order valence-electron chi connectivity index (χ2n) is 3.45. The lowest BCUT2D eigenvalue weighted by atomic mass is 10.1. The molecule has 1 unspecified atom stereocenters. The van der Waals surface area contributed by atoms with Gasteiger partial charge in [0, 0.05) is 10.4 Å². The summed E-state index contributed by atoms with van der Waals surface area (Å²) in [6.45, 7) is 2.04. The number of rotatable bonds is 2. The summed E-state index contributed by atoms with van der Waals surface area (Å²) in [5, 5.41) is 0. The monoisotopic (exact) mass is 362 g/mol. The third kappa shape index (κ3) is 2.39. The van der Waals surface area contributed by atoms with Gasteiger partial charge in [-0.1, -0.05) is 34.1 Å². The van der Waals surface area contributed by atoms with E-state index in [-0.39, 0.29) is 10.6 Å². The van der Waals surface area contributed by atoms with E-state index in [1.54, 1.807) is 23.5 Å². The fraction of sp³-hybridized carbons (Fsp3) is 0.167. The molecule has 0 radical (unpaired) electrons. The molecule has 0 spiro atoms. The number of halogens is 3. The molecule has 1 atom stereocenters. The van der Waals surface area contributed by atoms with Crippen LogP contribution in [0.25, 0.3) is 0 Å². The van der Waals surface area contributed by atoms with Crippen molar-refractivity contribution in [1.29, 1.82) is 0 Å². The Morgan fingerprint density at radius 3 is 2.50 bits per heavy atom. The van der Waals surface area contributed by atoms with Gasteiger partial charge in [-0.2, -0.15) is 0 Å². The SMILES string of the molecule is Cc1sc(Br)cc1C(Br)c1ccccc1F. The maximum atomic E-state index is 13.6. The van der Waals surface area contributed by atoms with Crippen LogP contribution in [0.3, 0.4) is 0 Å². The average molecular weight is 364 g/mol. The summed E-state index contributed by atoms with van der Waals surface area (Å²) in [5.74, 6) is -0.175. The quantitative estimate of drug-likeness (QED) is 0.623. The van der Waals surface area contributed by atoms with E-state index >= 15 is 0 Å². The predicted molar refractivity (Wildman–Crippen MR) is 73.9 cm³/mol.